The van der Waals surface area contributed by atoms with Crippen LogP contribution < -0.4 is 0 Å². The van der Waals surface area contributed by atoms with Gasteiger partial charge in [-0.05, 0) is 44.4 Å². The van der Waals surface area contributed by atoms with Crippen LogP contribution in [0.25, 0.3) is 22.5 Å². The van der Waals surface area contributed by atoms with E-state index in [-0.39, 0.29) is 23.5 Å². The van der Waals surface area contributed by atoms with Crippen LogP contribution in [0.3, 0.4) is 0 Å². The second kappa shape index (κ2) is 8.45. The lowest BCUT2D eigenvalue weighted by Crippen LogP contribution is -2.32. The van der Waals surface area contributed by atoms with Crippen molar-refractivity contribution >= 4 is 26.8 Å². The van der Waals surface area contributed by atoms with Gasteiger partial charge in [-0.2, -0.15) is 5.10 Å². The van der Waals surface area contributed by atoms with Gasteiger partial charge in [-0.1, -0.05) is 13.8 Å². The van der Waals surface area contributed by atoms with Crippen molar-refractivity contribution in [2.75, 3.05) is 24.6 Å². The smallest absolute Gasteiger partial charge is 0.254 e. The van der Waals surface area contributed by atoms with Crippen LogP contribution >= 0.6 is 0 Å². The number of aromatic nitrogens is 3. The molecule has 1 saturated heterocycles. The second-order valence-electron chi connectivity index (χ2n) is 8.11. The van der Waals surface area contributed by atoms with Crippen LogP contribution in [0.2, 0.25) is 0 Å². The maximum Gasteiger partial charge on any atom is 0.254 e. The van der Waals surface area contributed by atoms with Crippen LogP contribution in [0, 0.1) is 6.92 Å². The molecule has 1 fully saturated rings. The van der Waals surface area contributed by atoms with Gasteiger partial charge in [0.05, 0.1) is 40.5 Å². The lowest BCUT2D eigenvalue weighted by atomic mass is 10.1. The van der Waals surface area contributed by atoms with E-state index in [1.807, 2.05) is 11.8 Å². The zero-order valence-corrected chi connectivity index (χ0v) is 19.0. The molecule has 9 heteroatoms. The van der Waals surface area contributed by atoms with Gasteiger partial charge in [0, 0.05) is 13.1 Å². The number of carbonyl (C=O) groups excluding carboxylic acids is 1. The highest BCUT2D eigenvalue weighted by molar-refractivity contribution is 7.91. The molecule has 8 nitrogen and oxygen atoms in total. The Morgan fingerprint density at radius 1 is 1.29 bits per heavy atom. The Morgan fingerprint density at radius 3 is 2.61 bits per heavy atom. The van der Waals surface area contributed by atoms with Crippen molar-refractivity contribution < 1.29 is 17.6 Å². The molecule has 31 heavy (non-hydrogen) atoms. The molecule has 4 rings (SSSR count). The van der Waals surface area contributed by atoms with E-state index in [1.165, 1.54) is 0 Å². The molecule has 0 bridgehead atoms. The van der Waals surface area contributed by atoms with E-state index in [9.17, 15) is 13.2 Å². The van der Waals surface area contributed by atoms with E-state index in [1.54, 1.807) is 29.1 Å². The zero-order valence-electron chi connectivity index (χ0n) is 18.2. The fourth-order valence-corrected chi connectivity index (χ4v) is 5.97. The van der Waals surface area contributed by atoms with Crippen molar-refractivity contribution in [2.45, 2.75) is 46.1 Å². The molecule has 1 aliphatic rings. The Morgan fingerprint density at radius 2 is 2.03 bits per heavy atom. The lowest BCUT2D eigenvalue weighted by molar-refractivity contribution is 0.0757. The highest BCUT2D eigenvalue weighted by atomic mass is 32.2. The summed E-state index contributed by atoms with van der Waals surface area (Å²) in [4.78, 5) is 20.2. The molecule has 1 aliphatic heterocycles. The third kappa shape index (κ3) is 4.11. The van der Waals surface area contributed by atoms with Gasteiger partial charge >= 0.3 is 0 Å². The molecule has 1 unspecified atom stereocenters. The van der Waals surface area contributed by atoms with Gasteiger partial charge in [-0.15, -0.1) is 0 Å². The minimum Gasteiger partial charge on any atom is -0.463 e. The molecule has 3 aromatic rings. The number of amides is 1. The van der Waals surface area contributed by atoms with Gasteiger partial charge in [-0.25, -0.2) is 18.1 Å². The normalized spacial score (nSPS) is 18.0. The van der Waals surface area contributed by atoms with Gasteiger partial charge in [0.15, 0.2) is 21.2 Å². The number of furan rings is 1. The van der Waals surface area contributed by atoms with E-state index >= 15 is 0 Å². The van der Waals surface area contributed by atoms with Crippen molar-refractivity contribution in [2.24, 2.45) is 0 Å². The van der Waals surface area contributed by atoms with Crippen LogP contribution in [-0.4, -0.2) is 58.6 Å². The molecule has 0 radical (unpaired) electrons. The lowest BCUT2D eigenvalue weighted by Gasteiger charge is -2.22. The first-order valence-electron chi connectivity index (χ1n) is 10.8. The molecule has 0 N–H and O–H groups in total. The van der Waals surface area contributed by atoms with Gasteiger partial charge < -0.3 is 9.32 Å². The van der Waals surface area contributed by atoms with E-state index in [4.69, 9.17) is 9.40 Å². The maximum atomic E-state index is 13.6. The first-order chi connectivity index (χ1) is 14.8. The first kappa shape index (κ1) is 21.5. The largest absolute Gasteiger partial charge is 0.463 e. The second-order valence-corrected chi connectivity index (χ2v) is 10.3. The molecule has 0 aliphatic carbocycles. The summed E-state index contributed by atoms with van der Waals surface area (Å²) in [5.74, 6) is 0.669. The van der Waals surface area contributed by atoms with Crippen molar-refractivity contribution in [1.82, 2.24) is 19.7 Å². The van der Waals surface area contributed by atoms with Crippen molar-refractivity contribution in [3.63, 3.8) is 0 Å². The summed E-state index contributed by atoms with van der Waals surface area (Å²) in [6.45, 7) is 7.28. The number of aryl methyl sites for hydroxylation is 1. The molecule has 3 aromatic heterocycles. The summed E-state index contributed by atoms with van der Waals surface area (Å²) < 4.78 is 31.4. The van der Waals surface area contributed by atoms with Crippen molar-refractivity contribution in [3.8, 4) is 11.5 Å². The van der Waals surface area contributed by atoms with Crippen molar-refractivity contribution in [3.05, 3.63) is 35.7 Å². The molecule has 1 amide bonds. The first-order valence-corrected chi connectivity index (χ1v) is 12.6. The number of hydrogen-bond acceptors (Lipinski definition) is 6. The zero-order chi connectivity index (χ0) is 22.2. The molecule has 166 valence electrons. The SMILES string of the molecule is CCCN(CCC)C(=O)c1cc(-c2ccco2)nc2c1c(C)nn2C1CCS(=O)(=O)C1. The number of carbonyl (C=O) groups is 1. The third-order valence-corrected chi connectivity index (χ3v) is 7.42. The Kier molecular flexibility index (Phi) is 5.88. The summed E-state index contributed by atoms with van der Waals surface area (Å²) in [5.41, 5.74) is 2.28. The topological polar surface area (TPSA) is 98.3 Å². The molecular weight excluding hydrogens is 416 g/mol. The molecule has 4 heterocycles. The van der Waals surface area contributed by atoms with E-state index in [0.717, 1.165) is 12.8 Å². The fourth-order valence-electron chi connectivity index (χ4n) is 4.28. The predicted octanol–water partition coefficient (Wildman–Crippen LogP) is 3.62. The quantitative estimate of drug-likeness (QED) is 0.552. The summed E-state index contributed by atoms with van der Waals surface area (Å²) >= 11 is 0. The maximum absolute atomic E-state index is 13.6. The van der Waals surface area contributed by atoms with E-state index < -0.39 is 9.84 Å². The molecule has 1 atom stereocenters. The van der Waals surface area contributed by atoms with Crippen LogP contribution in [-0.2, 0) is 9.84 Å². The highest BCUT2D eigenvalue weighted by Gasteiger charge is 2.33. The van der Waals surface area contributed by atoms with Crippen molar-refractivity contribution in [1.29, 1.82) is 0 Å². The Balaban J connectivity index is 1.91. The average molecular weight is 445 g/mol. The van der Waals surface area contributed by atoms with E-state index in [2.05, 4.69) is 18.9 Å². The predicted molar refractivity (Wildman–Crippen MR) is 119 cm³/mol. The Labute approximate surface area is 182 Å². The van der Waals surface area contributed by atoms with Gasteiger partial charge in [0.25, 0.3) is 5.91 Å². The number of nitrogens with zero attached hydrogens (tertiary/aromatic N) is 4. The number of hydrogen-bond donors (Lipinski definition) is 0. The molecule has 0 spiro atoms. The minimum absolute atomic E-state index is 0.0386. The van der Waals surface area contributed by atoms with Gasteiger partial charge in [0.1, 0.15) is 5.69 Å². The monoisotopic (exact) mass is 444 g/mol. The summed E-state index contributed by atoms with van der Waals surface area (Å²) in [6.07, 6.45) is 3.79. The number of fused-ring (bicyclic) bond motifs is 1. The number of pyridine rings is 1. The van der Waals surface area contributed by atoms with Crippen LogP contribution in [0.1, 0.15) is 55.2 Å². The summed E-state index contributed by atoms with van der Waals surface area (Å²) in [7, 11) is -3.09. The van der Waals surface area contributed by atoms with Crippen LogP contribution in [0.4, 0.5) is 0 Å². The summed E-state index contributed by atoms with van der Waals surface area (Å²) in [5, 5.41) is 5.32. The molecule has 0 aromatic carbocycles. The van der Waals surface area contributed by atoms with Gasteiger partial charge in [0.2, 0.25) is 0 Å². The Hall–Kier alpha value is -2.68. The molecular formula is C22H28N4O4S. The summed E-state index contributed by atoms with van der Waals surface area (Å²) in [6, 6.07) is 5.05. The number of rotatable bonds is 7. The van der Waals surface area contributed by atoms with Crippen LogP contribution in [0.5, 0.6) is 0 Å². The van der Waals surface area contributed by atoms with Crippen LogP contribution in [0.15, 0.2) is 28.9 Å². The average Bonchev–Trinajstić information content (AvgIpc) is 3.46. The Bertz CT molecular complexity index is 1190. The minimum atomic E-state index is -3.09. The molecule has 0 saturated carbocycles. The van der Waals surface area contributed by atoms with E-state index in [0.29, 0.717) is 53.3 Å². The standard InChI is InChI=1S/C22H28N4O4S/c1-4-9-25(10-5-2)22(27)17-13-18(19-7-6-11-30-19)23-21-20(17)15(3)24-26(21)16-8-12-31(28,29)14-16/h6-7,11,13,16H,4-5,8-10,12,14H2,1-3H3. The third-order valence-electron chi connectivity index (χ3n) is 5.67. The van der Waals surface area contributed by atoms with Gasteiger partial charge in [-0.3, -0.25) is 4.79 Å². The fraction of sp³-hybridized carbons (Fsp3) is 0.500. The number of sulfone groups is 1. The highest BCUT2D eigenvalue weighted by Crippen LogP contribution is 2.32.